The minimum Gasteiger partial charge on any atom is -0.497 e. The maximum atomic E-state index is 13.6. The molecule has 3 aromatic rings. The number of methoxy groups -OCH3 is 1. The maximum Gasteiger partial charge on any atom is 0.243 e. The van der Waals surface area contributed by atoms with E-state index in [0.717, 1.165) is 34.6 Å². The lowest BCUT2D eigenvalue weighted by Crippen LogP contribution is -2.50. The largest absolute Gasteiger partial charge is 0.497 e. The van der Waals surface area contributed by atoms with Crippen LogP contribution in [0.15, 0.2) is 78.9 Å². The lowest BCUT2D eigenvalue weighted by Gasteiger charge is -2.31. The van der Waals surface area contributed by atoms with Gasteiger partial charge in [0.25, 0.3) is 0 Å². The van der Waals surface area contributed by atoms with Gasteiger partial charge in [-0.1, -0.05) is 67.1 Å². The molecular weight excluding hydrogens is 464 g/mol. The van der Waals surface area contributed by atoms with Gasteiger partial charge in [0.1, 0.15) is 17.5 Å². The first-order valence-electron chi connectivity index (χ1n) is 12.9. The molecule has 1 N–H and O–H groups in total. The zero-order valence-electron chi connectivity index (χ0n) is 22.1. The van der Waals surface area contributed by atoms with Crippen molar-refractivity contribution < 1.29 is 19.1 Å². The summed E-state index contributed by atoms with van der Waals surface area (Å²) in [5.41, 5.74) is 3.14. The minimum absolute atomic E-state index is 0.0626. The van der Waals surface area contributed by atoms with Gasteiger partial charge in [0.15, 0.2) is 0 Å². The number of aryl methyl sites for hydroxylation is 1. The Labute approximate surface area is 220 Å². The molecule has 2 amide bonds. The lowest BCUT2D eigenvalue weighted by atomic mass is 10.0. The first kappa shape index (κ1) is 27.8. The smallest absolute Gasteiger partial charge is 0.243 e. The van der Waals surface area contributed by atoms with Gasteiger partial charge in [0.2, 0.25) is 11.8 Å². The van der Waals surface area contributed by atoms with Gasteiger partial charge in [-0.15, -0.1) is 0 Å². The Morgan fingerprint density at radius 2 is 1.62 bits per heavy atom. The van der Waals surface area contributed by atoms with Crippen LogP contribution < -0.4 is 14.8 Å². The third-order valence-corrected chi connectivity index (χ3v) is 6.12. The van der Waals surface area contributed by atoms with Crippen molar-refractivity contribution in [3.8, 4) is 11.5 Å². The standard InChI is InChI=1S/C31H38N2O4/c1-4-19-32-31(35)29(22-25-11-6-5-7-12-25)33(23-26-13-8-10-24(2)21-26)30(34)14-9-20-37-28-17-15-27(36-3)16-18-28/h5-8,10-13,15-18,21,29H,4,9,14,19-20,22-23H2,1-3H3,(H,32,35)/t29-/m0/s1. The third kappa shape index (κ3) is 8.98. The molecule has 0 aliphatic rings. The van der Waals surface area contributed by atoms with Crippen molar-refractivity contribution in [1.82, 2.24) is 10.2 Å². The van der Waals surface area contributed by atoms with Crippen LogP contribution in [-0.2, 0) is 22.6 Å². The number of carbonyl (C=O) groups is 2. The second-order valence-electron chi connectivity index (χ2n) is 9.13. The topological polar surface area (TPSA) is 67.9 Å². The summed E-state index contributed by atoms with van der Waals surface area (Å²) in [7, 11) is 1.62. The molecule has 6 heteroatoms. The van der Waals surface area contributed by atoms with Crippen LogP contribution in [0, 0.1) is 6.92 Å². The Bertz CT molecular complexity index is 1120. The fraction of sp³-hybridized carbons (Fsp3) is 0.355. The number of nitrogens with one attached hydrogen (secondary N) is 1. The van der Waals surface area contributed by atoms with Crippen molar-refractivity contribution in [2.75, 3.05) is 20.3 Å². The molecule has 196 valence electrons. The van der Waals surface area contributed by atoms with Gasteiger partial charge >= 0.3 is 0 Å². The Morgan fingerprint density at radius 3 is 2.30 bits per heavy atom. The molecule has 0 aromatic heterocycles. The predicted molar refractivity (Wildman–Crippen MR) is 147 cm³/mol. The van der Waals surface area contributed by atoms with E-state index < -0.39 is 6.04 Å². The lowest BCUT2D eigenvalue weighted by molar-refractivity contribution is -0.141. The summed E-state index contributed by atoms with van der Waals surface area (Å²) in [5, 5.41) is 3.02. The van der Waals surface area contributed by atoms with E-state index in [2.05, 4.69) is 11.4 Å². The second kappa shape index (κ2) is 14.7. The molecule has 0 aliphatic carbocycles. The first-order valence-corrected chi connectivity index (χ1v) is 12.9. The zero-order chi connectivity index (χ0) is 26.5. The van der Waals surface area contributed by atoms with Crippen LogP contribution in [0.4, 0.5) is 0 Å². The van der Waals surface area contributed by atoms with Gasteiger partial charge in [-0.2, -0.15) is 0 Å². The second-order valence-corrected chi connectivity index (χ2v) is 9.13. The predicted octanol–water partition coefficient (Wildman–Crippen LogP) is 5.33. The quantitative estimate of drug-likeness (QED) is 0.303. The van der Waals surface area contributed by atoms with Crippen molar-refractivity contribution in [1.29, 1.82) is 0 Å². The van der Waals surface area contributed by atoms with E-state index in [4.69, 9.17) is 9.47 Å². The van der Waals surface area contributed by atoms with E-state index in [1.54, 1.807) is 12.0 Å². The normalized spacial score (nSPS) is 11.4. The Morgan fingerprint density at radius 1 is 0.919 bits per heavy atom. The number of ether oxygens (including phenoxy) is 2. The van der Waals surface area contributed by atoms with Gasteiger partial charge in [-0.3, -0.25) is 9.59 Å². The monoisotopic (exact) mass is 502 g/mol. The van der Waals surface area contributed by atoms with E-state index in [9.17, 15) is 9.59 Å². The number of hydrogen-bond acceptors (Lipinski definition) is 4. The van der Waals surface area contributed by atoms with Crippen LogP contribution >= 0.6 is 0 Å². The van der Waals surface area contributed by atoms with E-state index in [1.807, 2.05) is 86.6 Å². The van der Waals surface area contributed by atoms with Crippen molar-refractivity contribution in [2.45, 2.75) is 52.1 Å². The van der Waals surface area contributed by atoms with Crippen LogP contribution in [0.2, 0.25) is 0 Å². The summed E-state index contributed by atoms with van der Waals surface area (Å²) in [4.78, 5) is 28.7. The Balaban J connectivity index is 1.75. The number of rotatable bonds is 14. The fourth-order valence-electron chi connectivity index (χ4n) is 4.16. The highest BCUT2D eigenvalue weighted by Crippen LogP contribution is 2.19. The SMILES string of the molecule is CCCNC(=O)[C@H](Cc1ccccc1)N(Cc1cccc(C)c1)C(=O)CCCOc1ccc(OC)cc1. The molecule has 0 radical (unpaired) electrons. The maximum absolute atomic E-state index is 13.6. The van der Waals surface area contributed by atoms with Gasteiger partial charge in [-0.05, 0) is 55.2 Å². The molecular formula is C31H38N2O4. The van der Waals surface area contributed by atoms with E-state index in [-0.39, 0.29) is 18.2 Å². The highest BCUT2D eigenvalue weighted by molar-refractivity contribution is 5.88. The van der Waals surface area contributed by atoms with Crippen LogP contribution in [0.25, 0.3) is 0 Å². The number of nitrogens with zero attached hydrogens (tertiary/aromatic N) is 1. The minimum atomic E-state index is -0.607. The number of hydrogen-bond donors (Lipinski definition) is 1. The molecule has 0 spiro atoms. The zero-order valence-corrected chi connectivity index (χ0v) is 22.1. The first-order chi connectivity index (χ1) is 18.0. The van der Waals surface area contributed by atoms with Gasteiger partial charge in [-0.25, -0.2) is 0 Å². The van der Waals surface area contributed by atoms with Crippen LogP contribution in [-0.4, -0.2) is 43.0 Å². The number of carbonyl (C=O) groups excluding carboxylic acids is 2. The highest BCUT2D eigenvalue weighted by Gasteiger charge is 2.30. The molecule has 6 nitrogen and oxygen atoms in total. The molecule has 0 fully saturated rings. The summed E-state index contributed by atoms with van der Waals surface area (Å²) in [6.45, 7) is 5.40. The summed E-state index contributed by atoms with van der Waals surface area (Å²) >= 11 is 0. The van der Waals surface area contributed by atoms with Crippen molar-refractivity contribution in [3.63, 3.8) is 0 Å². The van der Waals surface area contributed by atoms with Crippen molar-refractivity contribution in [3.05, 3.63) is 95.6 Å². The van der Waals surface area contributed by atoms with Crippen LogP contribution in [0.1, 0.15) is 42.9 Å². The number of benzene rings is 3. The highest BCUT2D eigenvalue weighted by atomic mass is 16.5. The Hall–Kier alpha value is -3.80. The molecule has 0 saturated carbocycles. The summed E-state index contributed by atoms with van der Waals surface area (Å²) < 4.78 is 11.0. The number of amides is 2. The van der Waals surface area contributed by atoms with Gasteiger partial charge < -0.3 is 19.7 Å². The molecule has 0 saturated heterocycles. The molecule has 0 heterocycles. The van der Waals surface area contributed by atoms with E-state index in [1.165, 1.54) is 0 Å². The van der Waals surface area contributed by atoms with Crippen molar-refractivity contribution in [2.24, 2.45) is 0 Å². The van der Waals surface area contributed by atoms with E-state index >= 15 is 0 Å². The fourth-order valence-corrected chi connectivity index (χ4v) is 4.16. The van der Waals surface area contributed by atoms with Crippen LogP contribution in [0.5, 0.6) is 11.5 Å². The molecule has 37 heavy (non-hydrogen) atoms. The molecule has 0 bridgehead atoms. The third-order valence-electron chi connectivity index (χ3n) is 6.12. The summed E-state index contributed by atoms with van der Waals surface area (Å²) in [6.07, 6.45) is 2.12. The average molecular weight is 503 g/mol. The summed E-state index contributed by atoms with van der Waals surface area (Å²) in [6, 6.07) is 24.7. The molecule has 1 atom stereocenters. The Kier molecular flexibility index (Phi) is 11.0. The molecule has 3 rings (SSSR count). The molecule has 0 unspecified atom stereocenters. The van der Waals surface area contributed by atoms with Crippen molar-refractivity contribution >= 4 is 11.8 Å². The van der Waals surface area contributed by atoms with Gasteiger partial charge in [0.05, 0.1) is 13.7 Å². The summed E-state index contributed by atoms with van der Waals surface area (Å²) in [5.74, 6) is 1.31. The molecule has 3 aromatic carbocycles. The van der Waals surface area contributed by atoms with E-state index in [0.29, 0.717) is 32.5 Å². The average Bonchev–Trinajstić information content (AvgIpc) is 2.92. The van der Waals surface area contributed by atoms with Crippen LogP contribution in [0.3, 0.4) is 0 Å². The molecule has 0 aliphatic heterocycles. The van der Waals surface area contributed by atoms with Gasteiger partial charge in [0, 0.05) is 25.9 Å².